The number of rotatable bonds is 5. The summed E-state index contributed by atoms with van der Waals surface area (Å²) in [5, 5.41) is 21.1. The molecule has 11 heteroatoms. The van der Waals surface area contributed by atoms with E-state index in [-0.39, 0.29) is 43.3 Å². The average Bonchev–Trinajstić information content (AvgIpc) is 3.20. The SMILES string of the molecule is CC1=N/C(=C2\CN(C(=O)c3ccc(F)cc3O[C@@H]3CCN(CCO)C[C@H]3F)CC2=N)NC(C)=C1Cl. The van der Waals surface area contributed by atoms with Gasteiger partial charge in [-0.3, -0.25) is 9.69 Å². The number of β-amino-alcohol motifs (C(OH)–C–C–N with tert-alkyl or cyclic N) is 1. The van der Waals surface area contributed by atoms with Crippen molar-refractivity contribution in [1.82, 2.24) is 15.1 Å². The zero-order valence-corrected chi connectivity index (χ0v) is 20.3. The number of benzene rings is 1. The maximum Gasteiger partial charge on any atom is 0.258 e. The molecule has 1 aromatic carbocycles. The van der Waals surface area contributed by atoms with Crippen LogP contribution in [0, 0.1) is 11.2 Å². The number of hydrogen-bond donors (Lipinski definition) is 3. The number of carbonyl (C=O) groups excluding carboxylic acids is 1. The van der Waals surface area contributed by atoms with Crippen LogP contribution in [0.5, 0.6) is 5.75 Å². The highest BCUT2D eigenvalue weighted by molar-refractivity contribution is 6.43. The first-order valence-corrected chi connectivity index (χ1v) is 11.8. The lowest BCUT2D eigenvalue weighted by molar-refractivity contribution is 0.0159. The Balaban J connectivity index is 1.53. The first-order valence-electron chi connectivity index (χ1n) is 11.4. The van der Waals surface area contributed by atoms with Crippen molar-refractivity contribution in [2.24, 2.45) is 4.99 Å². The largest absolute Gasteiger partial charge is 0.486 e. The Morgan fingerprint density at radius 3 is 2.83 bits per heavy atom. The van der Waals surface area contributed by atoms with Crippen LogP contribution in [0.3, 0.4) is 0 Å². The molecule has 4 rings (SSSR count). The lowest BCUT2D eigenvalue weighted by atomic mass is 10.1. The Labute approximate surface area is 207 Å². The fourth-order valence-electron chi connectivity index (χ4n) is 4.41. The summed E-state index contributed by atoms with van der Waals surface area (Å²) in [6.45, 7) is 4.67. The van der Waals surface area contributed by atoms with E-state index in [4.69, 9.17) is 26.9 Å². The van der Waals surface area contributed by atoms with Crippen LogP contribution in [-0.2, 0) is 0 Å². The minimum absolute atomic E-state index is 0.0268. The van der Waals surface area contributed by atoms with Gasteiger partial charge in [0.1, 0.15) is 29.7 Å². The number of aliphatic hydroxyl groups is 1. The third kappa shape index (κ3) is 5.39. The second-order valence-electron chi connectivity index (χ2n) is 8.85. The van der Waals surface area contributed by atoms with E-state index < -0.39 is 24.0 Å². The number of amides is 1. The molecule has 0 aromatic heterocycles. The number of hydrogen-bond acceptors (Lipinski definition) is 7. The molecule has 0 aliphatic carbocycles. The van der Waals surface area contributed by atoms with Crippen LogP contribution in [0.1, 0.15) is 30.6 Å². The number of carbonyl (C=O) groups is 1. The number of allylic oxidation sites excluding steroid dienone is 2. The number of nitrogens with one attached hydrogen (secondary N) is 2. The number of piperidine rings is 1. The Kier molecular flexibility index (Phi) is 7.53. The van der Waals surface area contributed by atoms with Gasteiger partial charge < -0.3 is 25.5 Å². The predicted octanol–water partition coefficient (Wildman–Crippen LogP) is 2.83. The van der Waals surface area contributed by atoms with Crippen LogP contribution in [0.2, 0.25) is 0 Å². The second kappa shape index (κ2) is 10.4. The van der Waals surface area contributed by atoms with Gasteiger partial charge in [-0.1, -0.05) is 11.6 Å². The number of likely N-dealkylation sites (tertiary alicyclic amines) is 2. The molecule has 2 saturated heterocycles. The number of nitrogens with zero attached hydrogens (tertiary/aromatic N) is 3. The summed E-state index contributed by atoms with van der Waals surface area (Å²) in [7, 11) is 0. The smallest absolute Gasteiger partial charge is 0.258 e. The zero-order valence-electron chi connectivity index (χ0n) is 19.6. The highest BCUT2D eigenvalue weighted by atomic mass is 35.5. The van der Waals surface area contributed by atoms with Crippen LogP contribution in [0.4, 0.5) is 8.78 Å². The molecule has 2 atom stereocenters. The molecule has 2 fully saturated rings. The third-order valence-corrected chi connectivity index (χ3v) is 6.86. The minimum Gasteiger partial charge on any atom is -0.486 e. The molecule has 35 heavy (non-hydrogen) atoms. The Bertz CT molecular complexity index is 1140. The monoisotopic (exact) mass is 507 g/mol. The Morgan fingerprint density at radius 2 is 2.14 bits per heavy atom. The van der Waals surface area contributed by atoms with Crippen LogP contribution < -0.4 is 10.1 Å². The third-order valence-electron chi connectivity index (χ3n) is 6.30. The van der Waals surface area contributed by atoms with Crippen molar-refractivity contribution >= 4 is 28.9 Å². The molecule has 3 aliphatic rings. The molecule has 3 aliphatic heterocycles. The number of aliphatic hydroxyl groups excluding tert-OH is 1. The Morgan fingerprint density at radius 1 is 1.37 bits per heavy atom. The molecule has 0 bridgehead atoms. The summed E-state index contributed by atoms with van der Waals surface area (Å²) in [5.41, 5.74) is 2.21. The fourth-order valence-corrected chi connectivity index (χ4v) is 4.50. The van der Waals surface area contributed by atoms with E-state index in [1.165, 1.54) is 11.0 Å². The molecular weight excluding hydrogens is 480 g/mol. The van der Waals surface area contributed by atoms with E-state index in [9.17, 15) is 13.6 Å². The summed E-state index contributed by atoms with van der Waals surface area (Å²) in [6, 6.07) is 3.57. The molecule has 0 spiro atoms. The second-order valence-corrected chi connectivity index (χ2v) is 9.23. The van der Waals surface area contributed by atoms with E-state index in [2.05, 4.69) is 10.3 Å². The van der Waals surface area contributed by atoms with E-state index in [1.54, 1.807) is 18.7 Å². The number of ether oxygens (including phenoxy) is 1. The Hall–Kier alpha value is -2.82. The van der Waals surface area contributed by atoms with Crippen molar-refractivity contribution < 1.29 is 23.4 Å². The highest BCUT2D eigenvalue weighted by Crippen LogP contribution is 2.29. The van der Waals surface area contributed by atoms with Gasteiger partial charge in [-0.25, -0.2) is 13.8 Å². The molecule has 0 radical (unpaired) electrons. The molecule has 3 heterocycles. The highest BCUT2D eigenvalue weighted by Gasteiger charge is 2.34. The number of halogens is 3. The topological polar surface area (TPSA) is 101 Å². The maximum atomic E-state index is 14.7. The predicted molar refractivity (Wildman–Crippen MR) is 129 cm³/mol. The lowest BCUT2D eigenvalue weighted by Crippen LogP contribution is -2.47. The number of alkyl halides is 1. The summed E-state index contributed by atoms with van der Waals surface area (Å²) >= 11 is 6.19. The zero-order chi connectivity index (χ0) is 25.3. The van der Waals surface area contributed by atoms with E-state index in [0.29, 0.717) is 47.3 Å². The van der Waals surface area contributed by atoms with Gasteiger partial charge in [0, 0.05) is 37.0 Å². The first-order chi connectivity index (χ1) is 16.7. The minimum atomic E-state index is -1.35. The summed E-state index contributed by atoms with van der Waals surface area (Å²) in [6.07, 6.45) is -1.84. The average molecular weight is 508 g/mol. The summed E-state index contributed by atoms with van der Waals surface area (Å²) in [4.78, 5) is 21.0. The fraction of sp³-hybridized carbons (Fsp3) is 0.458. The van der Waals surface area contributed by atoms with Gasteiger partial charge in [-0.15, -0.1) is 0 Å². The molecule has 188 valence electrons. The van der Waals surface area contributed by atoms with Gasteiger partial charge in [-0.2, -0.15) is 0 Å². The maximum absolute atomic E-state index is 14.7. The van der Waals surface area contributed by atoms with Crippen LogP contribution in [0.15, 0.2) is 45.3 Å². The summed E-state index contributed by atoms with van der Waals surface area (Å²) < 4.78 is 34.6. The van der Waals surface area contributed by atoms with Gasteiger partial charge in [0.2, 0.25) is 0 Å². The first kappa shape index (κ1) is 25.3. The molecule has 8 nitrogen and oxygen atoms in total. The lowest BCUT2D eigenvalue weighted by Gasteiger charge is -2.34. The van der Waals surface area contributed by atoms with E-state index in [0.717, 1.165) is 12.1 Å². The van der Waals surface area contributed by atoms with Crippen molar-refractivity contribution in [2.45, 2.75) is 32.5 Å². The van der Waals surface area contributed by atoms with Gasteiger partial charge >= 0.3 is 0 Å². The van der Waals surface area contributed by atoms with Crippen LogP contribution in [-0.4, -0.2) is 83.8 Å². The van der Waals surface area contributed by atoms with Crippen molar-refractivity contribution in [3.8, 4) is 5.75 Å². The van der Waals surface area contributed by atoms with Crippen LogP contribution >= 0.6 is 11.6 Å². The molecule has 3 N–H and O–H groups in total. The van der Waals surface area contributed by atoms with Gasteiger partial charge in [0.15, 0.2) is 0 Å². The van der Waals surface area contributed by atoms with Crippen molar-refractivity contribution in [3.05, 3.63) is 51.7 Å². The van der Waals surface area contributed by atoms with Crippen molar-refractivity contribution in [3.63, 3.8) is 0 Å². The van der Waals surface area contributed by atoms with Crippen LogP contribution in [0.25, 0.3) is 0 Å². The molecule has 1 amide bonds. The summed E-state index contributed by atoms with van der Waals surface area (Å²) in [5.74, 6) is -0.608. The normalized spacial score (nSPS) is 25.6. The van der Waals surface area contributed by atoms with Crippen molar-refractivity contribution in [1.29, 1.82) is 5.41 Å². The number of aliphatic imine (C=N–C) groups is 1. The van der Waals surface area contributed by atoms with Crippen molar-refractivity contribution in [2.75, 3.05) is 39.3 Å². The van der Waals surface area contributed by atoms with E-state index >= 15 is 0 Å². The molecule has 0 unspecified atom stereocenters. The molecular formula is C24H28ClF2N5O3. The quantitative estimate of drug-likeness (QED) is 0.569. The van der Waals surface area contributed by atoms with Gasteiger partial charge in [0.05, 0.1) is 41.7 Å². The standard InChI is InChI=1S/C24H28ClF2N5O3/c1-13-22(25)14(2)30-23(29-13)17-10-32(12-19(17)28)24(34)16-4-3-15(26)9-21(16)35-20-5-6-31(7-8-33)11-18(20)27/h3-4,9,18,20,28-29,33H,5-8,10-12H2,1-2H3/b23-17+,28-19?/t18-,20-/m1/s1. The van der Waals surface area contributed by atoms with E-state index in [1.807, 2.05) is 0 Å². The molecule has 1 aromatic rings. The molecule has 0 saturated carbocycles. The van der Waals surface area contributed by atoms with Gasteiger partial charge in [0.25, 0.3) is 5.91 Å². The van der Waals surface area contributed by atoms with Gasteiger partial charge in [-0.05, 0) is 32.4 Å².